The summed E-state index contributed by atoms with van der Waals surface area (Å²) < 4.78 is 4.92. The minimum absolute atomic E-state index is 0.111. The first-order valence-corrected chi connectivity index (χ1v) is 7.25. The Bertz CT molecular complexity index is 425. The predicted octanol–water partition coefficient (Wildman–Crippen LogP) is 1.97. The summed E-state index contributed by atoms with van der Waals surface area (Å²) in [7, 11) is 0. The number of nitrogens with zero attached hydrogens (tertiary/aromatic N) is 1. The Morgan fingerprint density at radius 1 is 1.30 bits per heavy atom. The Labute approximate surface area is 120 Å². The van der Waals surface area contributed by atoms with Crippen LogP contribution in [0, 0.1) is 0 Å². The van der Waals surface area contributed by atoms with Crippen LogP contribution in [-0.2, 0) is 16.1 Å². The molecule has 1 aliphatic rings. The highest BCUT2D eigenvalue weighted by Gasteiger charge is 2.34. The van der Waals surface area contributed by atoms with Gasteiger partial charge in [-0.25, -0.2) is 0 Å². The smallest absolute Gasteiger partial charge is 0.308 e. The molecule has 1 heterocycles. The second-order valence-electron chi connectivity index (χ2n) is 5.47. The molecule has 0 aliphatic carbocycles. The summed E-state index contributed by atoms with van der Waals surface area (Å²) in [6.45, 7) is 4.67. The first kappa shape index (κ1) is 15.0. The minimum atomic E-state index is -0.889. The fourth-order valence-electron chi connectivity index (χ4n) is 2.63. The van der Waals surface area contributed by atoms with Gasteiger partial charge in [0.1, 0.15) is 0 Å². The van der Waals surface area contributed by atoms with E-state index in [1.807, 2.05) is 18.2 Å². The quantitative estimate of drug-likeness (QED) is 0.836. The minimum Gasteiger partial charge on any atom is -0.466 e. The molecule has 1 aromatic rings. The molecule has 1 N–H and O–H groups in total. The van der Waals surface area contributed by atoms with Crippen molar-refractivity contribution < 1.29 is 14.6 Å². The maximum absolute atomic E-state index is 11.5. The van der Waals surface area contributed by atoms with Crippen LogP contribution in [0.25, 0.3) is 0 Å². The van der Waals surface area contributed by atoms with Crippen molar-refractivity contribution in [3.05, 3.63) is 35.9 Å². The van der Waals surface area contributed by atoms with E-state index in [9.17, 15) is 9.90 Å². The van der Waals surface area contributed by atoms with Crippen molar-refractivity contribution in [2.45, 2.75) is 38.3 Å². The summed E-state index contributed by atoms with van der Waals surface area (Å²) in [6, 6.07) is 10.3. The highest BCUT2D eigenvalue weighted by Crippen LogP contribution is 2.26. The fraction of sp³-hybridized carbons (Fsp3) is 0.562. The maximum Gasteiger partial charge on any atom is 0.308 e. The number of benzene rings is 1. The highest BCUT2D eigenvalue weighted by molar-refractivity contribution is 5.70. The molecule has 0 bridgehead atoms. The Balaban J connectivity index is 1.81. The SMILES string of the molecule is CCOC(=O)CC1(O)CCN(Cc2ccccc2)CC1. The third-order valence-corrected chi connectivity index (χ3v) is 3.81. The summed E-state index contributed by atoms with van der Waals surface area (Å²) in [5.74, 6) is -0.300. The highest BCUT2D eigenvalue weighted by atomic mass is 16.5. The van der Waals surface area contributed by atoms with Gasteiger partial charge in [-0.05, 0) is 25.3 Å². The molecule has 110 valence electrons. The van der Waals surface area contributed by atoms with Crippen LogP contribution >= 0.6 is 0 Å². The fourth-order valence-corrected chi connectivity index (χ4v) is 2.63. The third-order valence-electron chi connectivity index (χ3n) is 3.81. The summed E-state index contributed by atoms with van der Waals surface area (Å²) >= 11 is 0. The molecule has 4 nitrogen and oxygen atoms in total. The molecule has 4 heteroatoms. The van der Waals surface area contributed by atoms with Crippen molar-refractivity contribution in [3.8, 4) is 0 Å². The van der Waals surface area contributed by atoms with Gasteiger partial charge in [0, 0.05) is 19.6 Å². The molecule has 1 aliphatic heterocycles. The zero-order valence-electron chi connectivity index (χ0n) is 12.0. The van der Waals surface area contributed by atoms with Crippen molar-refractivity contribution in [2.24, 2.45) is 0 Å². The van der Waals surface area contributed by atoms with Crippen LogP contribution in [0.5, 0.6) is 0 Å². The molecule has 0 radical (unpaired) electrons. The lowest BCUT2D eigenvalue weighted by Crippen LogP contribution is -2.45. The Kier molecular flexibility index (Phi) is 5.15. The van der Waals surface area contributed by atoms with Crippen molar-refractivity contribution in [1.29, 1.82) is 0 Å². The van der Waals surface area contributed by atoms with Gasteiger partial charge in [0.25, 0.3) is 0 Å². The molecule has 2 rings (SSSR count). The molecule has 1 aromatic carbocycles. The molecule has 0 aromatic heterocycles. The average molecular weight is 277 g/mol. The van der Waals surface area contributed by atoms with E-state index in [1.54, 1.807) is 6.92 Å². The van der Waals surface area contributed by atoms with Crippen LogP contribution in [0.15, 0.2) is 30.3 Å². The molecule has 0 unspecified atom stereocenters. The van der Waals surface area contributed by atoms with E-state index >= 15 is 0 Å². The van der Waals surface area contributed by atoms with Gasteiger partial charge in [-0.1, -0.05) is 30.3 Å². The third kappa shape index (κ3) is 4.32. The van der Waals surface area contributed by atoms with Crippen molar-refractivity contribution in [1.82, 2.24) is 4.90 Å². The molecule has 20 heavy (non-hydrogen) atoms. The van der Waals surface area contributed by atoms with Gasteiger partial charge >= 0.3 is 5.97 Å². The van der Waals surface area contributed by atoms with E-state index in [0.29, 0.717) is 19.4 Å². The van der Waals surface area contributed by atoms with E-state index in [4.69, 9.17) is 4.74 Å². The van der Waals surface area contributed by atoms with E-state index in [-0.39, 0.29) is 12.4 Å². The number of hydrogen-bond donors (Lipinski definition) is 1. The molecule has 0 spiro atoms. The Hall–Kier alpha value is -1.39. The predicted molar refractivity (Wildman–Crippen MR) is 77.2 cm³/mol. The van der Waals surface area contributed by atoms with Gasteiger partial charge in [0.05, 0.1) is 18.6 Å². The van der Waals surface area contributed by atoms with E-state index in [1.165, 1.54) is 5.56 Å². The number of aliphatic hydroxyl groups is 1. The van der Waals surface area contributed by atoms with Crippen molar-refractivity contribution >= 4 is 5.97 Å². The van der Waals surface area contributed by atoms with Crippen LogP contribution < -0.4 is 0 Å². The lowest BCUT2D eigenvalue weighted by Gasteiger charge is -2.37. The molecular formula is C16H23NO3. The van der Waals surface area contributed by atoms with Gasteiger partial charge in [0.15, 0.2) is 0 Å². The van der Waals surface area contributed by atoms with Crippen LogP contribution in [0.2, 0.25) is 0 Å². The summed E-state index contributed by atoms with van der Waals surface area (Å²) in [6.07, 6.45) is 1.36. The Morgan fingerprint density at radius 3 is 2.55 bits per heavy atom. The second kappa shape index (κ2) is 6.86. The topological polar surface area (TPSA) is 49.8 Å². The second-order valence-corrected chi connectivity index (χ2v) is 5.47. The maximum atomic E-state index is 11.5. The summed E-state index contributed by atoms with van der Waals surface area (Å²) in [5, 5.41) is 10.4. The monoisotopic (exact) mass is 277 g/mol. The first-order valence-electron chi connectivity index (χ1n) is 7.25. The number of rotatable bonds is 5. The zero-order chi connectivity index (χ0) is 14.4. The number of esters is 1. The lowest BCUT2D eigenvalue weighted by molar-refractivity contribution is -0.150. The lowest BCUT2D eigenvalue weighted by atomic mass is 9.88. The average Bonchev–Trinajstić information content (AvgIpc) is 2.43. The number of carbonyl (C=O) groups excluding carboxylic acids is 1. The molecule has 1 fully saturated rings. The van der Waals surface area contributed by atoms with Gasteiger partial charge < -0.3 is 9.84 Å². The van der Waals surface area contributed by atoms with E-state index in [0.717, 1.165) is 19.6 Å². The van der Waals surface area contributed by atoms with Gasteiger partial charge in [-0.15, -0.1) is 0 Å². The number of hydrogen-bond acceptors (Lipinski definition) is 4. The van der Waals surface area contributed by atoms with Crippen LogP contribution in [0.3, 0.4) is 0 Å². The van der Waals surface area contributed by atoms with E-state index in [2.05, 4.69) is 17.0 Å². The molecule has 1 saturated heterocycles. The van der Waals surface area contributed by atoms with Crippen LogP contribution in [0.4, 0.5) is 0 Å². The van der Waals surface area contributed by atoms with Gasteiger partial charge in [0.2, 0.25) is 0 Å². The number of piperidine rings is 1. The molecule has 0 atom stereocenters. The first-order chi connectivity index (χ1) is 9.61. The standard InChI is InChI=1S/C16H23NO3/c1-2-20-15(18)12-16(19)8-10-17(11-9-16)13-14-6-4-3-5-7-14/h3-7,19H,2,8-13H2,1H3. The largest absolute Gasteiger partial charge is 0.466 e. The summed E-state index contributed by atoms with van der Waals surface area (Å²) in [4.78, 5) is 13.8. The number of ether oxygens (including phenoxy) is 1. The normalized spacial score (nSPS) is 18.7. The van der Waals surface area contributed by atoms with Crippen molar-refractivity contribution in [3.63, 3.8) is 0 Å². The van der Waals surface area contributed by atoms with Crippen LogP contribution in [0.1, 0.15) is 31.7 Å². The number of carbonyl (C=O) groups is 1. The molecule has 0 saturated carbocycles. The van der Waals surface area contributed by atoms with E-state index < -0.39 is 5.60 Å². The van der Waals surface area contributed by atoms with Crippen molar-refractivity contribution in [2.75, 3.05) is 19.7 Å². The van der Waals surface area contributed by atoms with Gasteiger partial charge in [-0.3, -0.25) is 9.69 Å². The van der Waals surface area contributed by atoms with Crippen LogP contribution in [-0.4, -0.2) is 41.3 Å². The number of likely N-dealkylation sites (tertiary alicyclic amines) is 1. The Morgan fingerprint density at radius 2 is 1.95 bits per heavy atom. The molecular weight excluding hydrogens is 254 g/mol. The summed E-state index contributed by atoms with van der Waals surface area (Å²) in [5.41, 5.74) is 0.391. The molecule has 0 amide bonds. The zero-order valence-corrected chi connectivity index (χ0v) is 12.0. The van der Waals surface area contributed by atoms with Gasteiger partial charge in [-0.2, -0.15) is 0 Å².